The summed E-state index contributed by atoms with van der Waals surface area (Å²) in [7, 11) is -3.81. The van der Waals surface area contributed by atoms with Gasteiger partial charge in [-0.25, -0.2) is 14.0 Å². The van der Waals surface area contributed by atoms with Crippen LogP contribution in [-0.4, -0.2) is 29.7 Å². The Morgan fingerprint density at radius 2 is 2.12 bits per heavy atom. The molecule has 0 atom stereocenters. The SMILES string of the molecule is CC(C)N1C(=O)c2cccnc2NS1(=O)=O. The van der Waals surface area contributed by atoms with Gasteiger partial charge in [-0.2, -0.15) is 8.42 Å². The second-order valence-corrected chi connectivity index (χ2v) is 5.25. The lowest BCUT2D eigenvalue weighted by atomic mass is 10.2. The number of carbonyl (C=O) groups is 1. The van der Waals surface area contributed by atoms with Gasteiger partial charge in [-0.3, -0.25) is 4.79 Å². The van der Waals surface area contributed by atoms with Crippen LogP contribution in [0.2, 0.25) is 0 Å². The molecule has 2 heterocycles. The zero-order valence-corrected chi connectivity index (χ0v) is 9.65. The van der Waals surface area contributed by atoms with Gasteiger partial charge in [0.2, 0.25) is 0 Å². The minimum Gasteiger partial charge on any atom is -0.268 e. The van der Waals surface area contributed by atoms with Crippen LogP contribution in [-0.2, 0) is 10.2 Å². The van der Waals surface area contributed by atoms with Crippen LogP contribution < -0.4 is 4.72 Å². The van der Waals surface area contributed by atoms with E-state index in [2.05, 4.69) is 9.71 Å². The van der Waals surface area contributed by atoms with E-state index >= 15 is 0 Å². The molecule has 16 heavy (non-hydrogen) atoms. The summed E-state index contributed by atoms with van der Waals surface area (Å²) in [5.74, 6) is -0.457. The van der Waals surface area contributed by atoms with E-state index in [1.54, 1.807) is 26.0 Å². The molecular formula is C9H11N3O3S. The molecule has 0 aliphatic carbocycles. The van der Waals surface area contributed by atoms with Crippen molar-refractivity contribution in [1.82, 2.24) is 9.29 Å². The van der Waals surface area contributed by atoms with E-state index in [1.165, 1.54) is 6.20 Å². The fourth-order valence-electron chi connectivity index (χ4n) is 1.57. The average molecular weight is 241 g/mol. The predicted octanol–water partition coefficient (Wildman–Crippen LogP) is 0.603. The van der Waals surface area contributed by atoms with Crippen LogP contribution in [0.4, 0.5) is 5.82 Å². The molecule has 0 saturated heterocycles. The van der Waals surface area contributed by atoms with Crippen LogP contribution in [0, 0.1) is 0 Å². The number of pyridine rings is 1. The largest absolute Gasteiger partial charge is 0.327 e. The summed E-state index contributed by atoms with van der Waals surface area (Å²) in [5.41, 5.74) is 0.269. The fraction of sp³-hybridized carbons (Fsp3) is 0.333. The molecule has 1 aliphatic rings. The topological polar surface area (TPSA) is 79.4 Å². The highest BCUT2D eigenvalue weighted by atomic mass is 32.2. The summed E-state index contributed by atoms with van der Waals surface area (Å²) >= 11 is 0. The van der Waals surface area contributed by atoms with Crippen molar-refractivity contribution in [1.29, 1.82) is 0 Å². The average Bonchev–Trinajstić information content (AvgIpc) is 2.15. The quantitative estimate of drug-likeness (QED) is 0.781. The van der Waals surface area contributed by atoms with Gasteiger partial charge >= 0.3 is 10.2 Å². The molecule has 1 N–H and O–H groups in total. The molecule has 0 spiro atoms. The van der Waals surface area contributed by atoms with Crippen LogP contribution in [0.1, 0.15) is 24.2 Å². The maximum absolute atomic E-state index is 11.9. The zero-order chi connectivity index (χ0) is 11.9. The number of fused-ring (bicyclic) bond motifs is 1. The summed E-state index contributed by atoms with van der Waals surface area (Å²) in [4.78, 5) is 15.8. The Morgan fingerprint density at radius 1 is 1.44 bits per heavy atom. The standard InChI is InChI=1S/C9H11N3O3S/c1-6(2)12-9(13)7-4-3-5-10-8(7)11-16(12,14)15/h3-6H,1-2H3,(H,10,11). The fourth-order valence-corrected chi connectivity index (χ4v) is 2.95. The molecule has 1 aliphatic heterocycles. The molecule has 7 heteroatoms. The smallest absolute Gasteiger partial charge is 0.268 e. The lowest BCUT2D eigenvalue weighted by Crippen LogP contribution is -2.48. The van der Waals surface area contributed by atoms with Crippen LogP contribution >= 0.6 is 0 Å². The number of hydrogen-bond acceptors (Lipinski definition) is 4. The van der Waals surface area contributed by atoms with Crippen LogP contribution in [0.5, 0.6) is 0 Å². The van der Waals surface area contributed by atoms with Gasteiger partial charge in [0.1, 0.15) is 0 Å². The molecule has 0 unspecified atom stereocenters. The molecule has 0 saturated carbocycles. The second-order valence-electron chi connectivity index (χ2n) is 3.70. The first-order valence-electron chi connectivity index (χ1n) is 4.75. The van der Waals surface area contributed by atoms with E-state index in [0.717, 1.165) is 4.31 Å². The summed E-state index contributed by atoms with van der Waals surface area (Å²) in [6.07, 6.45) is 1.43. The van der Waals surface area contributed by atoms with E-state index in [9.17, 15) is 13.2 Å². The van der Waals surface area contributed by atoms with Crippen molar-refractivity contribution in [3.63, 3.8) is 0 Å². The Labute approximate surface area is 93.5 Å². The molecule has 1 aromatic heterocycles. The van der Waals surface area contributed by atoms with Gasteiger partial charge in [0.25, 0.3) is 5.91 Å². The number of nitrogens with one attached hydrogen (secondary N) is 1. The molecule has 1 amide bonds. The molecule has 6 nitrogen and oxygen atoms in total. The minimum absolute atomic E-state index is 0.0874. The van der Waals surface area contributed by atoms with Crippen LogP contribution in [0.15, 0.2) is 18.3 Å². The number of amides is 1. The minimum atomic E-state index is -3.81. The number of nitrogens with zero attached hydrogens (tertiary/aromatic N) is 2. The van der Waals surface area contributed by atoms with E-state index < -0.39 is 22.2 Å². The van der Waals surface area contributed by atoms with Crippen molar-refractivity contribution in [2.24, 2.45) is 0 Å². The Morgan fingerprint density at radius 3 is 2.75 bits per heavy atom. The molecule has 86 valence electrons. The van der Waals surface area contributed by atoms with Crippen molar-refractivity contribution in [2.45, 2.75) is 19.9 Å². The Kier molecular flexibility index (Phi) is 2.34. The van der Waals surface area contributed by atoms with Gasteiger partial charge in [0.05, 0.1) is 5.56 Å². The Bertz CT molecular complexity index is 539. The predicted molar refractivity (Wildman–Crippen MR) is 58.1 cm³/mol. The number of rotatable bonds is 1. The summed E-state index contributed by atoms with van der Waals surface area (Å²) in [6, 6.07) is 2.70. The third kappa shape index (κ3) is 1.53. The van der Waals surface area contributed by atoms with Gasteiger partial charge in [-0.15, -0.1) is 0 Å². The van der Waals surface area contributed by atoms with Gasteiger partial charge in [0.15, 0.2) is 5.82 Å². The highest BCUT2D eigenvalue weighted by molar-refractivity contribution is 7.91. The van der Waals surface area contributed by atoms with Gasteiger partial charge in [-0.1, -0.05) is 0 Å². The molecule has 0 aromatic carbocycles. The normalized spacial score (nSPS) is 18.2. The highest BCUT2D eigenvalue weighted by Crippen LogP contribution is 2.25. The molecule has 2 rings (SSSR count). The maximum atomic E-state index is 11.9. The molecule has 1 aromatic rings. The third-order valence-corrected chi connectivity index (χ3v) is 3.75. The molecule has 0 bridgehead atoms. The summed E-state index contributed by atoms with van der Waals surface area (Å²) in [5, 5.41) is 0. The zero-order valence-electron chi connectivity index (χ0n) is 8.84. The van der Waals surface area contributed by atoms with E-state index in [-0.39, 0.29) is 11.4 Å². The molecular weight excluding hydrogens is 230 g/mol. The monoisotopic (exact) mass is 241 g/mol. The lowest BCUT2D eigenvalue weighted by molar-refractivity contribution is 0.0833. The Hall–Kier alpha value is -1.63. The number of anilines is 1. The van der Waals surface area contributed by atoms with Crippen molar-refractivity contribution in [2.75, 3.05) is 4.72 Å². The third-order valence-electron chi connectivity index (χ3n) is 2.19. The van der Waals surface area contributed by atoms with Crippen molar-refractivity contribution in [3.05, 3.63) is 23.9 Å². The Balaban J connectivity index is 2.61. The highest BCUT2D eigenvalue weighted by Gasteiger charge is 2.37. The first kappa shape index (κ1) is 10.9. The van der Waals surface area contributed by atoms with E-state index in [1.807, 2.05) is 0 Å². The van der Waals surface area contributed by atoms with Crippen LogP contribution in [0.25, 0.3) is 0 Å². The van der Waals surface area contributed by atoms with Crippen LogP contribution in [0.3, 0.4) is 0 Å². The van der Waals surface area contributed by atoms with Crippen molar-refractivity contribution >= 4 is 21.9 Å². The first-order chi connectivity index (χ1) is 7.43. The van der Waals surface area contributed by atoms with E-state index in [4.69, 9.17) is 0 Å². The van der Waals surface area contributed by atoms with Gasteiger partial charge in [-0.05, 0) is 26.0 Å². The number of hydrogen-bond donors (Lipinski definition) is 1. The first-order valence-corrected chi connectivity index (χ1v) is 6.19. The van der Waals surface area contributed by atoms with Crippen molar-refractivity contribution in [3.8, 4) is 0 Å². The maximum Gasteiger partial charge on any atom is 0.327 e. The van der Waals surface area contributed by atoms with E-state index in [0.29, 0.717) is 0 Å². The number of carbonyl (C=O) groups excluding carboxylic acids is 1. The van der Waals surface area contributed by atoms with Gasteiger partial charge in [0, 0.05) is 12.2 Å². The lowest BCUT2D eigenvalue weighted by Gasteiger charge is -2.30. The summed E-state index contributed by atoms with van der Waals surface area (Å²) < 4.78 is 26.6. The second kappa shape index (κ2) is 3.44. The number of aromatic nitrogens is 1. The van der Waals surface area contributed by atoms with Crippen molar-refractivity contribution < 1.29 is 13.2 Å². The van der Waals surface area contributed by atoms with Gasteiger partial charge < -0.3 is 0 Å². The summed E-state index contributed by atoms with van der Waals surface area (Å²) in [6.45, 7) is 3.27. The molecule has 0 radical (unpaired) electrons. The molecule has 0 fully saturated rings.